The van der Waals surface area contributed by atoms with E-state index >= 15 is 0 Å². The highest BCUT2D eigenvalue weighted by molar-refractivity contribution is 14.0. The summed E-state index contributed by atoms with van der Waals surface area (Å²) in [5, 5.41) is 15.7. The van der Waals surface area contributed by atoms with Gasteiger partial charge in [-0.05, 0) is 51.5 Å². The van der Waals surface area contributed by atoms with Crippen LogP contribution in [0, 0.1) is 0 Å². The Morgan fingerprint density at radius 3 is 2.77 bits per heavy atom. The van der Waals surface area contributed by atoms with Gasteiger partial charge in [0.15, 0.2) is 5.96 Å². The average Bonchev–Trinajstić information content (AvgIpc) is 2.96. The first-order chi connectivity index (χ1) is 14.3. The molecule has 1 aliphatic rings. The summed E-state index contributed by atoms with van der Waals surface area (Å²) in [5.74, 6) is 3.21. The monoisotopic (exact) mass is 524 g/mol. The van der Waals surface area contributed by atoms with Gasteiger partial charge in [0, 0.05) is 38.5 Å². The number of hydrogen-bond donors (Lipinski definition) is 2. The van der Waals surface area contributed by atoms with Crippen LogP contribution in [0.1, 0.15) is 63.2 Å². The van der Waals surface area contributed by atoms with Gasteiger partial charge in [0.25, 0.3) is 0 Å². The number of fused-ring (bicyclic) bond motifs is 1. The molecule has 1 unspecified atom stereocenters. The Morgan fingerprint density at radius 2 is 1.97 bits per heavy atom. The van der Waals surface area contributed by atoms with E-state index in [1.807, 2.05) is 0 Å². The Morgan fingerprint density at radius 1 is 1.13 bits per heavy atom. The molecule has 0 saturated carbocycles. The third kappa shape index (κ3) is 7.89. The Hall–Kier alpha value is -1.64. The minimum atomic E-state index is 0. The summed E-state index contributed by atoms with van der Waals surface area (Å²) >= 11 is 0. The van der Waals surface area contributed by atoms with E-state index in [0.717, 1.165) is 63.5 Å². The standard InChI is InChI=1S/C23H36N6.HI/c1-3-24-23(26-19(2)15-16-20-11-6-4-7-12-20)25-17-10-14-22-28-27-21-13-8-5-9-18-29(21)22;/h4,6-7,11-12,19H,3,5,8-10,13-18H2,1-2H3,(H2,24,25,26);1H. The fourth-order valence-corrected chi connectivity index (χ4v) is 3.81. The molecule has 0 saturated heterocycles. The van der Waals surface area contributed by atoms with E-state index in [2.05, 4.69) is 69.6 Å². The fraction of sp³-hybridized carbons (Fsp3) is 0.609. The first-order valence-electron chi connectivity index (χ1n) is 11.3. The second-order valence-corrected chi connectivity index (χ2v) is 7.93. The highest BCUT2D eigenvalue weighted by Crippen LogP contribution is 2.15. The molecule has 1 aromatic carbocycles. The summed E-state index contributed by atoms with van der Waals surface area (Å²) in [5.41, 5.74) is 1.38. The molecule has 1 atom stereocenters. The van der Waals surface area contributed by atoms with Crippen LogP contribution in [-0.2, 0) is 25.8 Å². The second-order valence-electron chi connectivity index (χ2n) is 7.93. The van der Waals surface area contributed by atoms with Crippen LogP contribution in [0.4, 0.5) is 0 Å². The molecule has 3 rings (SSSR count). The highest BCUT2D eigenvalue weighted by Gasteiger charge is 2.14. The van der Waals surface area contributed by atoms with Gasteiger partial charge in [-0.2, -0.15) is 0 Å². The first kappa shape index (κ1) is 24.6. The molecule has 2 aromatic rings. The normalized spacial score (nSPS) is 14.9. The summed E-state index contributed by atoms with van der Waals surface area (Å²) in [6.45, 7) is 7.07. The molecule has 0 spiro atoms. The zero-order valence-electron chi connectivity index (χ0n) is 18.4. The summed E-state index contributed by atoms with van der Waals surface area (Å²) in [4.78, 5) is 4.78. The van der Waals surface area contributed by atoms with Crippen molar-refractivity contribution in [2.75, 3.05) is 13.1 Å². The molecule has 0 aliphatic carbocycles. The number of aliphatic imine (C=N–C) groups is 1. The average molecular weight is 524 g/mol. The van der Waals surface area contributed by atoms with E-state index in [1.165, 1.54) is 30.7 Å². The Balaban J connectivity index is 0.00000320. The van der Waals surface area contributed by atoms with E-state index in [1.54, 1.807) is 0 Å². The van der Waals surface area contributed by atoms with Gasteiger partial charge in [-0.3, -0.25) is 4.99 Å². The number of aryl methyl sites for hydroxylation is 3. The Labute approximate surface area is 198 Å². The maximum Gasteiger partial charge on any atom is 0.191 e. The lowest BCUT2D eigenvalue weighted by atomic mass is 10.1. The van der Waals surface area contributed by atoms with E-state index in [4.69, 9.17) is 4.99 Å². The number of nitrogens with zero attached hydrogens (tertiary/aromatic N) is 4. The van der Waals surface area contributed by atoms with Crippen LogP contribution in [-0.4, -0.2) is 39.9 Å². The van der Waals surface area contributed by atoms with Crippen molar-refractivity contribution in [3.8, 4) is 0 Å². The van der Waals surface area contributed by atoms with Crippen LogP contribution in [0.3, 0.4) is 0 Å². The van der Waals surface area contributed by atoms with Gasteiger partial charge in [-0.15, -0.1) is 34.2 Å². The quantitative estimate of drug-likeness (QED) is 0.224. The zero-order chi connectivity index (χ0) is 20.3. The van der Waals surface area contributed by atoms with Crippen LogP contribution in [0.5, 0.6) is 0 Å². The predicted octanol–water partition coefficient (Wildman–Crippen LogP) is 4.13. The van der Waals surface area contributed by atoms with Gasteiger partial charge in [0.2, 0.25) is 0 Å². The van der Waals surface area contributed by atoms with E-state index < -0.39 is 0 Å². The van der Waals surface area contributed by atoms with Crippen LogP contribution < -0.4 is 10.6 Å². The first-order valence-corrected chi connectivity index (χ1v) is 11.3. The maximum atomic E-state index is 4.78. The fourth-order valence-electron chi connectivity index (χ4n) is 3.81. The Kier molecular flexibility index (Phi) is 11.2. The van der Waals surface area contributed by atoms with Crippen molar-refractivity contribution in [1.82, 2.24) is 25.4 Å². The molecule has 1 aromatic heterocycles. The molecular weight excluding hydrogens is 487 g/mol. The summed E-state index contributed by atoms with van der Waals surface area (Å²) in [7, 11) is 0. The van der Waals surface area contributed by atoms with Crippen LogP contribution in [0.2, 0.25) is 0 Å². The van der Waals surface area contributed by atoms with Crippen LogP contribution in [0.25, 0.3) is 0 Å². The molecule has 0 fully saturated rings. The van der Waals surface area contributed by atoms with E-state index in [9.17, 15) is 0 Å². The summed E-state index contributed by atoms with van der Waals surface area (Å²) in [6, 6.07) is 11.0. The number of halogens is 1. The molecule has 2 heterocycles. The van der Waals surface area contributed by atoms with Crippen LogP contribution in [0.15, 0.2) is 35.3 Å². The van der Waals surface area contributed by atoms with Gasteiger partial charge in [-0.25, -0.2) is 0 Å². The minimum Gasteiger partial charge on any atom is -0.357 e. The van der Waals surface area contributed by atoms with Crippen molar-refractivity contribution in [2.45, 2.75) is 77.8 Å². The van der Waals surface area contributed by atoms with Crippen molar-refractivity contribution < 1.29 is 0 Å². The topological polar surface area (TPSA) is 67.1 Å². The number of rotatable bonds is 9. The van der Waals surface area contributed by atoms with E-state index in [0.29, 0.717) is 6.04 Å². The number of aromatic nitrogens is 3. The van der Waals surface area contributed by atoms with Crippen molar-refractivity contribution in [2.24, 2.45) is 4.99 Å². The number of benzene rings is 1. The third-order valence-corrected chi connectivity index (χ3v) is 5.45. The summed E-state index contributed by atoms with van der Waals surface area (Å²) in [6.07, 6.45) is 8.95. The van der Waals surface area contributed by atoms with Gasteiger partial charge >= 0.3 is 0 Å². The smallest absolute Gasteiger partial charge is 0.191 e. The van der Waals surface area contributed by atoms with Gasteiger partial charge in [0.05, 0.1) is 0 Å². The molecule has 2 N–H and O–H groups in total. The predicted molar refractivity (Wildman–Crippen MR) is 135 cm³/mol. The maximum absolute atomic E-state index is 4.78. The molecule has 0 bridgehead atoms. The molecule has 6 nitrogen and oxygen atoms in total. The lowest BCUT2D eigenvalue weighted by Gasteiger charge is -2.18. The molecule has 7 heteroatoms. The number of hydrogen-bond acceptors (Lipinski definition) is 3. The minimum absolute atomic E-state index is 0. The second kappa shape index (κ2) is 13.6. The number of nitrogens with one attached hydrogen (secondary N) is 2. The molecule has 0 amide bonds. The lowest BCUT2D eigenvalue weighted by molar-refractivity contribution is 0.588. The highest BCUT2D eigenvalue weighted by atomic mass is 127. The third-order valence-electron chi connectivity index (χ3n) is 5.45. The molecule has 166 valence electrons. The summed E-state index contributed by atoms with van der Waals surface area (Å²) < 4.78 is 2.34. The van der Waals surface area contributed by atoms with E-state index in [-0.39, 0.29) is 24.0 Å². The van der Waals surface area contributed by atoms with Crippen molar-refractivity contribution in [3.63, 3.8) is 0 Å². The van der Waals surface area contributed by atoms with Crippen LogP contribution >= 0.6 is 24.0 Å². The SMILES string of the molecule is CCNC(=NCCCc1nnc2n1CCCCC2)NC(C)CCc1ccccc1.I. The van der Waals surface area contributed by atoms with Crippen molar-refractivity contribution in [3.05, 3.63) is 47.5 Å². The largest absolute Gasteiger partial charge is 0.357 e. The molecular formula is C23H37IN6. The molecule has 1 aliphatic heterocycles. The zero-order valence-corrected chi connectivity index (χ0v) is 20.8. The Bertz CT molecular complexity index is 758. The lowest BCUT2D eigenvalue weighted by Crippen LogP contribution is -2.42. The molecule has 30 heavy (non-hydrogen) atoms. The van der Waals surface area contributed by atoms with Gasteiger partial charge < -0.3 is 15.2 Å². The molecule has 0 radical (unpaired) electrons. The number of guanidine groups is 1. The van der Waals surface area contributed by atoms with Crippen molar-refractivity contribution >= 4 is 29.9 Å². The van der Waals surface area contributed by atoms with Gasteiger partial charge in [0.1, 0.15) is 11.6 Å². The van der Waals surface area contributed by atoms with Gasteiger partial charge in [-0.1, -0.05) is 36.8 Å². The van der Waals surface area contributed by atoms with Crippen molar-refractivity contribution in [1.29, 1.82) is 0 Å².